The molecule has 0 aromatic carbocycles. The van der Waals surface area contributed by atoms with Crippen molar-refractivity contribution in [3.8, 4) is 0 Å². The number of carbonyl (C=O) groups excluding carboxylic acids is 2. The first-order chi connectivity index (χ1) is 11.0. The van der Waals surface area contributed by atoms with Crippen molar-refractivity contribution in [2.75, 3.05) is 11.5 Å². The number of anilines is 2. The standard InChI is InChI=1S/C6H5F3N2O2.C5H6N6/c1-5(6(7,8)9)2-10-4(13)11-3(5)12;6-3-2-4(9-1-8-2)11-5(7)10-3/h2H,1H3,(H,11,12,13);1H,(H5,6,7,8,9,10,11). The fourth-order valence-electron chi connectivity index (χ4n) is 1.58. The smallest absolute Gasteiger partial charge is 0.382 e. The van der Waals surface area contributed by atoms with Gasteiger partial charge in [0.05, 0.1) is 6.33 Å². The highest BCUT2D eigenvalue weighted by Crippen LogP contribution is 2.37. The summed E-state index contributed by atoms with van der Waals surface area (Å²) in [6.07, 6.45) is -2.94. The number of aliphatic imine (C=N–C) groups is 1. The number of nitrogens with one attached hydrogen (secondary N) is 2. The Morgan fingerprint density at radius 2 is 1.88 bits per heavy atom. The molecule has 2 aromatic heterocycles. The molecule has 3 rings (SSSR count). The van der Waals surface area contributed by atoms with Crippen molar-refractivity contribution >= 4 is 41.1 Å². The Labute approximate surface area is 131 Å². The average molecular weight is 344 g/mol. The minimum Gasteiger partial charge on any atom is -0.382 e. The first kappa shape index (κ1) is 17.1. The quantitative estimate of drug-likeness (QED) is 0.536. The summed E-state index contributed by atoms with van der Waals surface area (Å²) in [7, 11) is 0. The molecule has 0 aliphatic carbocycles. The number of urea groups is 1. The molecular weight excluding hydrogens is 333 g/mol. The summed E-state index contributed by atoms with van der Waals surface area (Å²) in [4.78, 5) is 38.4. The minimum atomic E-state index is -4.75. The molecule has 3 amide bonds. The van der Waals surface area contributed by atoms with Crippen LogP contribution in [0.3, 0.4) is 0 Å². The van der Waals surface area contributed by atoms with E-state index < -0.39 is 23.5 Å². The first-order valence-corrected chi connectivity index (χ1v) is 6.24. The summed E-state index contributed by atoms with van der Waals surface area (Å²) in [5, 5.41) is 1.48. The number of nitrogens with zero attached hydrogens (tertiary/aromatic N) is 4. The Morgan fingerprint density at radius 3 is 2.46 bits per heavy atom. The SMILES string of the molecule is CC1(C(F)(F)F)C=NC(=O)NC1=O.Nc1nc(N)c2[nH]cnc2n1. The van der Waals surface area contributed by atoms with Gasteiger partial charge in [-0.2, -0.15) is 23.1 Å². The number of amides is 3. The molecule has 0 radical (unpaired) electrons. The molecule has 1 aliphatic heterocycles. The monoisotopic (exact) mass is 344 g/mol. The molecule has 1 aliphatic rings. The second-order valence-electron chi connectivity index (χ2n) is 4.79. The summed E-state index contributed by atoms with van der Waals surface area (Å²) >= 11 is 0. The Balaban J connectivity index is 0.000000175. The van der Waals surface area contributed by atoms with Crippen molar-refractivity contribution in [1.29, 1.82) is 0 Å². The van der Waals surface area contributed by atoms with Gasteiger partial charge in [-0.15, -0.1) is 0 Å². The van der Waals surface area contributed by atoms with Gasteiger partial charge in [-0.1, -0.05) is 0 Å². The van der Waals surface area contributed by atoms with E-state index in [-0.39, 0.29) is 5.95 Å². The third-order valence-electron chi connectivity index (χ3n) is 3.05. The second-order valence-corrected chi connectivity index (χ2v) is 4.79. The van der Waals surface area contributed by atoms with Gasteiger partial charge >= 0.3 is 12.2 Å². The van der Waals surface area contributed by atoms with E-state index in [9.17, 15) is 22.8 Å². The molecule has 24 heavy (non-hydrogen) atoms. The second kappa shape index (κ2) is 5.75. The van der Waals surface area contributed by atoms with Crippen LogP contribution in [0.15, 0.2) is 11.3 Å². The maximum absolute atomic E-state index is 12.2. The van der Waals surface area contributed by atoms with Gasteiger partial charge in [-0.05, 0) is 6.92 Å². The molecule has 2 aromatic rings. The lowest BCUT2D eigenvalue weighted by molar-refractivity contribution is -0.194. The molecule has 1 atom stereocenters. The van der Waals surface area contributed by atoms with Gasteiger partial charge in [0.1, 0.15) is 5.52 Å². The molecule has 13 heteroatoms. The van der Waals surface area contributed by atoms with E-state index in [4.69, 9.17) is 11.5 Å². The molecule has 1 unspecified atom stereocenters. The van der Waals surface area contributed by atoms with Crippen LogP contribution >= 0.6 is 0 Å². The number of rotatable bonds is 0. The third-order valence-corrected chi connectivity index (χ3v) is 3.05. The van der Waals surface area contributed by atoms with E-state index in [2.05, 4.69) is 24.9 Å². The Morgan fingerprint density at radius 1 is 1.21 bits per heavy atom. The summed E-state index contributed by atoms with van der Waals surface area (Å²) in [6, 6.07) is -1.08. The van der Waals surface area contributed by atoms with Crippen molar-refractivity contribution in [2.24, 2.45) is 10.4 Å². The number of imidazole rings is 1. The number of imide groups is 1. The zero-order valence-electron chi connectivity index (χ0n) is 12.0. The molecular formula is C11H11F3N8O2. The van der Waals surface area contributed by atoms with Crippen LogP contribution in [-0.4, -0.2) is 44.3 Å². The van der Waals surface area contributed by atoms with Gasteiger partial charge < -0.3 is 16.5 Å². The highest BCUT2D eigenvalue weighted by atomic mass is 19.4. The van der Waals surface area contributed by atoms with Crippen LogP contribution in [0.5, 0.6) is 0 Å². The van der Waals surface area contributed by atoms with Gasteiger partial charge in [-0.3, -0.25) is 10.1 Å². The van der Waals surface area contributed by atoms with Crippen molar-refractivity contribution in [1.82, 2.24) is 25.3 Å². The Bertz CT molecular complexity index is 830. The lowest BCUT2D eigenvalue weighted by Crippen LogP contribution is -2.53. The molecule has 6 N–H and O–H groups in total. The number of aromatic nitrogens is 4. The number of carbonyl (C=O) groups is 2. The van der Waals surface area contributed by atoms with Crippen molar-refractivity contribution < 1.29 is 22.8 Å². The van der Waals surface area contributed by atoms with Crippen LogP contribution in [0, 0.1) is 5.41 Å². The molecule has 0 spiro atoms. The zero-order valence-corrected chi connectivity index (χ0v) is 12.0. The number of fused-ring (bicyclic) bond motifs is 1. The van der Waals surface area contributed by atoms with Crippen LogP contribution in [0.1, 0.15) is 6.92 Å². The third kappa shape index (κ3) is 3.09. The Hall–Kier alpha value is -3.25. The van der Waals surface area contributed by atoms with E-state index in [0.29, 0.717) is 30.1 Å². The zero-order chi connectivity index (χ0) is 18.1. The molecule has 3 heterocycles. The number of hydrogen-bond acceptors (Lipinski definition) is 7. The van der Waals surface area contributed by atoms with Gasteiger partial charge in [0.25, 0.3) is 0 Å². The summed E-state index contributed by atoms with van der Waals surface area (Å²) in [5.74, 6) is -0.938. The molecule has 128 valence electrons. The summed E-state index contributed by atoms with van der Waals surface area (Å²) in [6.45, 7) is 0.651. The fourth-order valence-corrected chi connectivity index (χ4v) is 1.58. The highest BCUT2D eigenvalue weighted by molar-refractivity contribution is 6.12. The number of aromatic amines is 1. The molecule has 0 fully saturated rings. The van der Waals surface area contributed by atoms with E-state index in [1.165, 1.54) is 11.6 Å². The van der Waals surface area contributed by atoms with E-state index in [1.54, 1.807) is 0 Å². The number of halogens is 3. The predicted octanol–water partition coefficient (Wildman–Crippen LogP) is 0.393. The lowest BCUT2D eigenvalue weighted by atomic mass is 9.89. The number of nitrogens with two attached hydrogens (primary N) is 2. The predicted molar refractivity (Wildman–Crippen MR) is 76.7 cm³/mol. The first-order valence-electron chi connectivity index (χ1n) is 6.24. The summed E-state index contributed by atoms with van der Waals surface area (Å²) in [5.41, 5.74) is 9.24. The van der Waals surface area contributed by atoms with E-state index >= 15 is 0 Å². The highest BCUT2D eigenvalue weighted by Gasteiger charge is 2.57. The van der Waals surface area contributed by atoms with E-state index in [0.717, 1.165) is 0 Å². The van der Waals surface area contributed by atoms with Crippen LogP contribution in [-0.2, 0) is 4.79 Å². The summed E-state index contributed by atoms with van der Waals surface area (Å²) < 4.78 is 36.7. The van der Waals surface area contributed by atoms with Crippen LogP contribution in [0.2, 0.25) is 0 Å². The van der Waals surface area contributed by atoms with Crippen LogP contribution < -0.4 is 16.8 Å². The largest absolute Gasteiger partial charge is 0.407 e. The molecule has 10 nitrogen and oxygen atoms in total. The number of hydrogen-bond donors (Lipinski definition) is 4. The van der Waals surface area contributed by atoms with Gasteiger partial charge in [-0.25, -0.2) is 14.8 Å². The molecule has 0 bridgehead atoms. The van der Waals surface area contributed by atoms with Crippen molar-refractivity contribution in [3.63, 3.8) is 0 Å². The normalized spacial score (nSPS) is 20.5. The van der Waals surface area contributed by atoms with E-state index in [1.807, 2.05) is 0 Å². The lowest BCUT2D eigenvalue weighted by Gasteiger charge is -2.27. The number of H-pyrrole nitrogens is 1. The molecule has 0 saturated heterocycles. The average Bonchev–Trinajstić information content (AvgIpc) is 2.91. The van der Waals surface area contributed by atoms with Gasteiger partial charge in [0.2, 0.25) is 11.9 Å². The van der Waals surface area contributed by atoms with Crippen LogP contribution in [0.4, 0.5) is 29.7 Å². The van der Waals surface area contributed by atoms with Gasteiger partial charge in [0.15, 0.2) is 16.9 Å². The number of alkyl halides is 3. The maximum atomic E-state index is 12.2. The van der Waals surface area contributed by atoms with Crippen molar-refractivity contribution in [2.45, 2.75) is 13.1 Å². The Kier molecular flexibility index (Phi) is 4.10. The van der Waals surface area contributed by atoms with Gasteiger partial charge in [0, 0.05) is 6.21 Å². The number of nitrogen functional groups attached to an aromatic ring is 2. The topological polar surface area (TPSA) is 165 Å². The fraction of sp³-hybridized carbons (Fsp3) is 0.273. The maximum Gasteiger partial charge on any atom is 0.407 e. The molecule has 0 saturated carbocycles. The minimum absolute atomic E-state index is 0.141. The van der Waals surface area contributed by atoms with Crippen molar-refractivity contribution in [3.05, 3.63) is 6.33 Å². The van der Waals surface area contributed by atoms with Crippen LogP contribution in [0.25, 0.3) is 11.2 Å².